The first kappa shape index (κ1) is 13.8. The second-order valence-corrected chi connectivity index (χ2v) is 4.48. The van der Waals surface area contributed by atoms with Crippen molar-refractivity contribution >= 4 is 23.3 Å². The van der Waals surface area contributed by atoms with E-state index in [1.807, 2.05) is 6.07 Å². The molecule has 0 saturated heterocycles. The van der Waals surface area contributed by atoms with Crippen LogP contribution in [0.5, 0.6) is 0 Å². The molecule has 1 rings (SSSR count). The van der Waals surface area contributed by atoms with Gasteiger partial charge in [0.1, 0.15) is 6.04 Å². The Kier molecular flexibility index (Phi) is 5.84. The lowest BCUT2D eigenvalue weighted by atomic mass is 10.1. The Morgan fingerprint density at radius 1 is 1.47 bits per heavy atom. The molecule has 0 saturated carbocycles. The first-order valence-electron chi connectivity index (χ1n) is 5.88. The molecule has 17 heavy (non-hydrogen) atoms. The zero-order valence-electron chi connectivity index (χ0n) is 9.95. The molecule has 2 N–H and O–H groups in total. The van der Waals surface area contributed by atoms with Crippen LogP contribution in [0.3, 0.4) is 0 Å². The number of nitrogens with one attached hydrogen (secondary N) is 1. The Morgan fingerprint density at radius 3 is 2.82 bits per heavy atom. The third-order valence-electron chi connectivity index (χ3n) is 2.56. The number of benzene rings is 1. The van der Waals surface area contributed by atoms with Gasteiger partial charge in [-0.2, -0.15) is 0 Å². The number of hydrogen-bond acceptors (Lipinski definition) is 2. The number of unbranched alkanes of at least 4 members (excludes halogenated alkanes) is 2. The van der Waals surface area contributed by atoms with Gasteiger partial charge in [-0.3, -0.25) is 0 Å². The number of rotatable bonds is 7. The Hall–Kier alpha value is -1.22. The van der Waals surface area contributed by atoms with Gasteiger partial charge < -0.3 is 10.4 Å². The Balaban J connectivity index is 2.57. The second-order valence-electron chi connectivity index (χ2n) is 4.04. The highest BCUT2D eigenvalue weighted by Crippen LogP contribution is 2.17. The van der Waals surface area contributed by atoms with E-state index in [2.05, 4.69) is 12.2 Å². The molecule has 4 heteroatoms. The van der Waals surface area contributed by atoms with Crippen LogP contribution >= 0.6 is 11.6 Å². The summed E-state index contributed by atoms with van der Waals surface area (Å²) in [4.78, 5) is 11.1. The standard InChI is InChI=1S/C13H18ClNO2/c1-2-3-4-8-12(13(16)17)15-11-7-5-6-10(14)9-11/h5-7,9,12,15H,2-4,8H2,1H3,(H,16,17). The molecule has 0 radical (unpaired) electrons. The Morgan fingerprint density at radius 2 is 2.24 bits per heavy atom. The molecular formula is C13H18ClNO2. The maximum atomic E-state index is 11.1. The zero-order valence-corrected chi connectivity index (χ0v) is 10.7. The van der Waals surface area contributed by atoms with Crippen LogP contribution in [0.4, 0.5) is 5.69 Å². The summed E-state index contributed by atoms with van der Waals surface area (Å²) in [5, 5.41) is 12.7. The first-order valence-corrected chi connectivity index (χ1v) is 6.26. The van der Waals surface area contributed by atoms with Gasteiger partial charge in [0.25, 0.3) is 0 Å². The lowest BCUT2D eigenvalue weighted by Crippen LogP contribution is -2.29. The van der Waals surface area contributed by atoms with Gasteiger partial charge in [-0.1, -0.05) is 43.9 Å². The maximum absolute atomic E-state index is 11.1. The molecule has 0 amide bonds. The van der Waals surface area contributed by atoms with Crippen molar-refractivity contribution < 1.29 is 9.90 Å². The van der Waals surface area contributed by atoms with Crippen molar-refractivity contribution in [2.45, 2.75) is 38.6 Å². The summed E-state index contributed by atoms with van der Waals surface area (Å²) in [7, 11) is 0. The van der Waals surface area contributed by atoms with Crippen molar-refractivity contribution in [2.75, 3.05) is 5.32 Å². The van der Waals surface area contributed by atoms with Crippen molar-refractivity contribution in [2.24, 2.45) is 0 Å². The van der Waals surface area contributed by atoms with Gasteiger partial charge in [0.15, 0.2) is 0 Å². The maximum Gasteiger partial charge on any atom is 0.326 e. The largest absolute Gasteiger partial charge is 0.480 e. The van der Waals surface area contributed by atoms with Gasteiger partial charge in [0, 0.05) is 10.7 Å². The Labute approximate surface area is 107 Å². The van der Waals surface area contributed by atoms with Crippen LogP contribution in [0.25, 0.3) is 0 Å². The molecule has 1 aromatic carbocycles. The smallest absolute Gasteiger partial charge is 0.326 e. The van der Waals surface area contributed by atoms with E-state index in [0.29, 0.717) is 11.4 Å². The first-order chi connectivity index (χ1) is 8.13. The summed E-state index contributed by atoms with van der Waals surface area (Å²) < 4.78 is 0. The number of carbonyl (C=O) groups is 1. The van der Waals surface area contributed by atoms with E-state index >= 15 is 0 Å². The summed E-state index contributed by atoms with van der Waals surface area (Å²) in [6.07, 6.45) is 3.70. The van der Waals surface area contributed by atoms with E-state index in [-0.39, 0.29) is 0 Å². The normalized spacial score (nSPS) is 12.1. The van der Waals surface area contributed by atoms with Crippen LogP contribution in [0, 0.1) is 0 Å². The van der Waals surface area contributed by atoms with Gasteiger partial charge in [0.05, 0.1) is 0 Å². The zero-order chi connectivity index (χ0) is 12.7. The quantitative estimate of drug-likeness (QED) is 0.729. The van der Waals surface area contributed by atoms with Gasteiger partial charge in [0.2, 0.25) is 0 Å². The molecule has 0 spiro atoms. The average Bonchev–Trinajstić information content (AvgIpc) is 2.28. The topological polar surface area (TPSA) is 49.3 Å². The van der Waals surface area contributed by atoms with Gasteiger partial charge in [-0.25, -0.2) is 4.79 Å². The molecule has 0 aromatic heterocycles. The lowest BCUT2D eigenvalue weighted by molar-refractivity contribution is -0.138. The predicted octanol–water partition coefficient (Wildman–Crippen LogP) is 3.79. The molecule has 0 heterocycles. The summed E-state index contributed by atoms with van der Waals surface area (Å²) in [6.45, 7) is 2.10. The molecule has 1 aromatic rings. The summed E-state index contributed by atoms with van der Waals surface area (Å²) >= 11 is 5.85. The molecule has 0 aliphatic carbocycles. The number of carboxylic acids is 1. The second kappa shape index (κ2) is 7.17. The summed E-state index contributed by atoms with van der Waals surface area (Å²) in [6, 6.07) is 6.58. The third-order valence-corrected chi connectivity index (χ3v) is 2.80. The molecule has 94 valence electrons. The monoisotopic (exact) mass is 255 g/mol. The molecule has 0 fully saturated rings. The molecular weight excluding hydrogens is 238 g/mol. The molecule has 0 aliphatic rings. The lowest BCUT2D eigenvalue weighted by Gasteiger charge is -2.15. The van der Waals surface area contributed by atoms with Crippen molar-refractivity contribution in [1.29, 1.82) is 0 Å². The number of halogens is 1. The van der Waals surface area contributed by atoms with Crippen LogP contribution in [0.2, 0.25) is 5.02 Å². The minimum atomic E-state index is -0.818. The summed E-state index contributed by atoms with van der Waals surface area (Å²) in [5.74, 6) is -0.818. The number of carboxylic acid groups (broad SMARTS) is 1. The fourth-order valence-corrected chi connectivity index (χ4v) is 1.83. The van der Waals surface area contributed by atoms with E-state index in [4.69, 9.17) is 16.7 Å². The number of aliphatic carboxylic acids is 1. The van der Waals surface area contributed by atoms with Crippen LogP contribution < -0.4 is 5.32 Å². The van der Waals surface area contributed by atoms with Crippen molar-refractivity contribution in [3.63, 3.8) is 0 Å². The van der Waals surface area contributed by atoms with Crippen molar-refractivity contribution in [1.82, 2.24) is 0 Å². The van der Waals surface area contributed by atoms with E-state index in [0.717, 1.165) is 24.9 Å². The molecule has 1 atom stereocenters. The van der Waals surface area contributed by atoms with E-state index < -0.39 is 12.0 Å². The highest BCUT2D eigenvalue weighted by atomic mass is 35.5. The third kappa shape index (κ3) is 5.09. The predicted molar refractivity (Wildman–Crippen MR) is 70.6 cm³/mol. The van der Waals surface area contributed by atoms with E-state index in [1.165, 1.54) is 0 Å². The van der Waals surface area contributed by atoms with Crippen LogP contribution in [-0.2, 0) is 4.79 Å². The SMILES string of the molecule is CCCCCC(Nc1cccc(Cl)c1)C(=O)O. The number of hydrogen-bond donors (Lipinski definition) is 2. The number of anilines is 1. The average molecular weight is 256 g/mol. The van der Waals surface area contributed by atoms with Crippen LogP contribution in [0.15, 0.2) is 24.3 Å². The fraction of sp³-hybridized carbons (Fsp3) is 0.462. The van der Waals surface area contributed by atoms with Gasteiger partial charge >= 0.3 is 5.97 Å². The van der Waals surface area contributed by atoms with Crippen LogP contribution in [0.1, 0.15) is 32.6 Å². The minimum absolute atomic E-state index is 0.542. The van der Waals surface area contributed by atoms with Crippen LogP contribution in [-0.4, -0.2) is 17.1 Å². The molecule has 1 unspecified atom stereocenters. The fourth-order valence-electron chi connectivity index (χ4n) is 1.64. The highest BCUT2D eigenvalue weighted by Gasteiger charge is 2.16. The van der Waals surface area contributed by atoms with Crippen molar-refractivity contribution in [3.8, 4) is 0 Å². The van der Waals surface area contributed by atoms with Gasteiger partial charge in [-0.05, 0) is 24.6 Å². The molecule has 0 bridgehead atoms. The van der Waals surface area contributed by atoms with Gasteiger partial charge in [-0.15, -0.1) is 0 Å². The van der Waals surface area contributed by atoms with E-state index in [9.17, 15) is 4.79 Å². The Bertz CT molecular complexity index is 368. The molecule has 3 nitrogen and oxygen atoms in total. The highest BCUT2D eigenvalue weighted by molar-refractivity contribution is 6.30. The summed E-state index contributed by atoms with van der Waals surface area (Å²) in [5.41, 5.74) is 0.751. The van der Waals surface area contributed by atoms with E-state index in [1.54, 1.807) is 18.2 Å². The molecule has 0 aliphatic heterocycles. The van der Waals surface area contributed by atoms with Crippen molar-refractivity contribution in [3.05, 3.63) is 29.3 Å². The minimum Gasteiger partial charge on any atom is -0.480 e.